The number of rotatable bonds is 5. The number of hydrogen-bond donors (Lipinski definition) is 1. The number of nitrogens with one attached hydrogen (secondary N) is 1. The van der Waals surface area contributed by atoms with Gasteiger partial charge in [-0.3, -0.25) is 4.79 Å². The average molecular weight is 466 g/mol. The van der Waals surface area contributed by atoms with Crippen molar-refractivity contribution in [1.29, 1.82) is 0 Å². The molecule has 2 amide bonds. The Morgan fingerprint density at radius 3 is 2.28 bits per heavy atom. The van der Waals surface area contributed by atoms with Gasteiger partial charge >= 0.3 is 6.03 Å². The van der Waals surface area contributed by atoms with E-state index < -0.39 is 35.1 Å². The molecule has 1 aromatic heterocycles. The Morgan fingerprint density at radius 1 is 1.06 bits per heavy atom. The van der Waals surface area contributed by atoms with Gasteiger partial charge < -0.3 is 14.8 Å². The van der Waals surface area contributed by atoms with Gasteiger partial charge in [-0.15, -0.1) is 0 Å². The number of urea groups is 1. The Balaban J connectivity index is 2.06. The topological polar surface area (TPSA) is 54.3 Å². The van der Waals surface area contributed by atoms with Gasteiger partial charge in [0.25, 0.3) is 5.56 Å². The number of hydrogen-bond acceptors (Lipinski definition) is 2. The minimum absolute atomic E-state index is 0.0194. The molecule has 0 spiro atoms. The van der Waals surface area contributed by atoms with E-state index in [0.717, 1.165) is 18.2 Å². The van der Waals surface area contributed by atoms with Crippen LogP contribution < -0.4 is 10.9 Å². The van der Waals surface area contributed by atoms with Crippen molar-refractivity contribution in [2.24, 2.45) is 13.0 Å². The fourth-order valence-electron chi connectivity index (χ4n) is 3.57. The van der Waals surface area contributed by atoms with Crippen LogP contribution in [0.1, 0.15) is 32.4 Å². The van der Waals surface area contributed by atoms with Gasteiger partial charge in [-0.05, 0) is 54.1 Å². The molecule has 3 aromatic rings. The molecule has 0 aliphatic heterocycles. The molecule has 0 saturated carbocycles. The van der Waals surface area contributed by atoms with Crippen LogP contribution in [0.3, 0.4) is 0 Å². The van der Waals surface area contributed by atoms with Crippen molar-refractivity contribution in [3.63, 3.8) is 0 Å². The van der Waals surface area contributed by atoms with Crippen LogP contribution in [0.15, 0.2) is 41.3 Å². The van der Waals surface area contributed by atoms with Gasteiger partial charge in [-0.1, -0.05) is 25.4 Å². The minimum atomic E-state index is -1.12. The maximum absolute atomic E-state index is 14.0. The Kier molecular flexibility index (Phi) is 6.83. The molecule has 0 fully saturated rings. The lowest BCUT2D eigenvalue weighted by atomic mass is 10.00. The summed E-state index contributed by atoms with van der Waals surface area (Å²) in [4.78, 5) is 27.1. The van der Waals surface area contributed by atoms with Crippen LogP contribution in [0.5, 0.6) is 0 Å². The number of fused-ring (bicyclic) bond motifs is 1. The Morgan fingerprint density at radius 2 is 1.69 bits per heavy atom. The molecular formula is C23H23ClF3N3O2. The SMILES string of the molecule is CC(C)CN(C(=O)Nc1ccc(F)c(Cl)c1)[C@@H](C)c1cn(C)c(=O)c2cc(F)c(F)cc12. The second kappa shape index (κ2) is 9.24. The molecule has 0 unspecified atom stereocenters. The highest BCUT2D eigenvalue weighted by molar-refractivity contribution is 6.31. The maximum Gasteiger partial charge on any atom is 0.322 e. The number of aryl methyl sites for hydroxylation is 1. The zero-order chi connectivity index (χ0) is 23.7. The van der Waals surface area contributed by atoms with E-state index in [1.54, 1.807) is 6.92 Å². The standard InChI is InChI=1S/C23H23ClF3N3O2/c1-12(2)10-30(23(32)28-14-5-6-19(25)18(24)7-14)13(3)17-11-29(4)22(31)16-9-21(27)20(26)8-15(16)17/h5-9,11-13H,10H2,1-4H3,(H,28,32)/t13-/m0/s1. The summed E-state index contributed by atoms with van der Waals surface area (Å²) < 4.78 is 42.6. The third-order valence-corrected chi connectivity index (χ3v) is 5.46. The van der Waals surface area contributed by atoms with E-state index >= 15 is 0 Å². The lowest BCUT2D eigenvalue weighted by Gasteiger charge is -2.32. The third kappa shape index (κ3) is 4.75. The summed E-state index contributed by atoms with van der Waals surface area (Å²) in [6, 6.07) is 4.58. The number of nitrogens with zero attached hydrogens (tertiary/aromatic N) is 2. The highest BCUT2D eigenvalue weighted by atomic mass is 35.5. The summed E-state index contributed by atoms with van der Waals surface area (Å²) >= 11 is 5.81. The molecule has 0 radical (unpaired) electrons. The van der Waals surface area contributed by atoms with Gasteiger partial charge in [-0.25, -0.2) is 18.0 Å². The first-order valence-corrected chi connectivity index (χ1v) is 10.4. The monoisotopic (exact) mass is 465 g/mol. The lowest BCUT2D eigenvalue weighted by molar-refractivity contribution is 0.184. The van der Waals surface area contributed by atoms with Gasteiger partial charge in [0, 0.05) is 25.5 Å². The quantitative estimate of drug-likeness (QED) is 0.513. The number of carbonyl (C=O) groups is 1. The molecule has 1 heterocycles. The second-order valence-corrected chi connectivity index (χ2v) is 8.50. The summed E-state index contributed by atoms with van der Waals surface area (Å²) in [6.07, 6.45) is 1.52. The van der Waals surface area contributed by atoms with Crippen molar-refractivity contribution in [2.45, 2.75) is 26.8 Å². The summed E-state index contributed by atoms with van der Waals surface area (Å²) in [5, 5.41) is 2.81. The zero-order valence-corrected chi connectivity index (χ0v) is 18.8. The largest absolute Gasteiger partial charge is 0.322 e. The molecule has 1 N–H and O–H groups in total. The van der Waals surface area contributed by atoms with Crippen molar-refractivity contribution in [3.8, 4) is 0 Å². The van der Waals surface area contributed by atoms with E-state index in [9.17, 15) is 22.8 Å². The normalized spacial score (nSPS) is 12.3. The Bertz CT molecular complexity index is 1240. The first-order valence-electron chi connectivity index (χ1n) is 10.0. The van der Waals surface area contributed by atoms with Crippen LogP contribution in [-0.4, -0.2) is 22.0 Å². The van der Waals surface area contributed by atoms with E-state index in [1.807, 2.05) is 13.8 Å². The molecule has 0 aliphatic carbocycles. The first-order chi connectivity index (χ1) is 15.0. The van der Waals surface area contributed by atoms with Gasteiger partial charge in [0.2, 0.25) is 0 Å². The van der Waals surface area contributed by atoms with Crippen LogP contribution in [0.2, 0.25) is 5.02 Å². The number of carbonyl (C=O) groups excluding carboxylic acids is 1. The molecule has 1 atom stereocenters. The van der Waals surface area contributed by atoms with Crippen molar-refractivity contribution >= 4 is 34.1 Å². The number of pyridine rings is 1. The first kappa shape index (κ1) is 23.7. The number of amides is 2. The average Bonchev–Trinajstić information content (AvgIpc) is 2.72. The van der Waals surface area contributed by atoms with Crippen molar-refractivity contribution in [2.75, 3.05) is 11.9 Å². The summed E-state index contributed by atoms with van der Waals surface area (Å²) in [6.45, 7) is 5.92. The van der Waals surface area contributed by atoms with Crippen LogP contribution in [0, 0.1) is 23.4 Å². The fraction of sp³-hybridized carbons (Fsp3) is 0.304. The number of halogens is 4. The number of aromatic nitrogens is 1. The van der Waals surface area contributed by atoms with Crippen LogP contribution in [0.25, 0.3) is 10.8 Å². The van der Waals surface area contributed by atoms with E-state index in [0.29, 0.717) is 17.8 Å². The highest BCUT2D eigenvalue weighted by Crippen LogP contribution is 2.29. The summed E-state index contributed by atoms with van der Waals surface area (Å²) in [7, 11) is 1.51. The lowest BCUT2D eigenvalue weighted by Crippen LogP contribution is -2.40. The molecule has 5 nitrogen and oxygen atoms in total. The van der Waals surface area contributed by atoms with Crippen LogP contribution >= 0.6 is 11.6 Å². The molecule has 0 saturated heterocycles. The molecule has 0 bridgehead atoms. The minimum Gasteiger partial charge on any atom is -0.318 e. The van der Waals surface area contributed by atoms with Gasteiger partial charge in [0.05, 0.1) is 16.5 Å². The molecule has 2 aromatic carbocycles. The molecule has 0 aliphatic rings. The molecular weight excluding hydrogens is 443 g/mol. The molecule has 32 heavy (non-hydrogen) atoms. The van der Waals surface area contributed by atoms with Crippen LogP contribution in [-0.2, 0) is 7.05 Å². The van der Waals surface area contributed by atoms with E-state index in [2.05, 4.69) is 5.32 Å². The van der Waals surface area contributed by atoms with Gasteiger partial charge in [0.15, 0.2) is 11.6 Å². The van der Waals surface area contributed by atoms with Gasteiger partial charge in [0.1, 0.15) is 5.82 Å². The number of benzene rings is 2. The van der Waals surface area contributed by atoms with Crippen molar-refractivity contribution in [1.82, 2.24) is 9.47 Å². The predicted octanol–water partition coefficient (Wildman–Crippen LogP) is 5.86. The Hall–Kier alpha value is -3.00. The molecule has 3 rings (SSSR count). The smallest absolute Gasteiger partial charge is 0.318 e. The zero-order valence-electron chi connectivity index (χ0n) is 18.0. The highest BCUT2D eigenvalue weighted by Gasteiger charge is 2.26. The van der Waals surface area contributed by atoms with E-state index in [-0.39, 0.29) is 21.7 Å². The van der Waals surface area contributed by atoms with E-state index in [1.165, 1.54) is 34.8 Å². The fourth-order valence-corrected chi connectivity index (χ4v) is 3.75. The van der Waals surface area contributed by atoms with Gasteiger partial charge in [-0.2, -0.15) is 0 Å². The third-order valence-electron chi connectivity index (χ3n) is 5.17. The molecule has 9 heteroatoms. The van der Waals surface area contributed by atoms with Crippen molar-refractivity contribution < 1.29 is 18.0 Å². The second-order valence-electron chi connectivity index (χ2n) is 8.09. The molecule has 170 valence electrons. The predicted molar refractivity (Wildman–Crippen MR) is 119 cm³/mol. The van der Waals surface area contributed by atoms with Crippen LogP contribution in [0.4, 0.5) is 23.7 Å². The summed E-state index contributed by atoms with van der Waals surface area (Å²) in [5.41, 5.74) is 0.311. The Labute approximate surface area is 188 Å². The van der Waals surface area contributed by atoms with Crippen molar-refractivity contribution in [3.05, 3.63) is 74.9 Å². The van der Waals surface area contributed by atoms with E-state index in [4.69, 9.17) is 11.6 Å². The maximum atomic E-state index is 14.0. The number of anilines is 1. The summed E-state index contributed by atoms with van der Waals surface area (Å²) in [5.74, 6) is -2.74.